The van der Waals surface area contributed by atoms with Crippen LogP contribution in [0, 0.1) is 5.82 Å². The van der Waals surface area contributed by atoms with E-state index in [9.17, 15) is 14.0 Å². The topological polar surface area (TPSA) is 68.9 Å². The van der Waals surface area contributed by atoms with Crippen LogP contribution in [0.1, 0.15) is 13.3 Å². The van der Waals surface area contributed by atoms with Gasteiger partial charge in [-0.25, -0.2) is 9.37 Å². The van der Waals surface area contributed by atoms with E-state index < -0.39 is 0 Å². The van der Waals surface area contributed by atoms with Gasteiger partial charge in [0.1, 0.15) is 16.9 Å². The van der Waals surface area contributed by atoms with E-state index in [4.69, 9.17) is 4.98 Å². The first-order valence-electron chi connectivity index (χ1n) is 10.3. The molecule has 1 N–H and O–H groups in total. The average molecular weight is 451 g/mol. The highest BCUT2D eigenvalue weighted by atomic mass is 32.2. The molecule has 0 unspecified atom stereocenters. The molecule has 0 radical (unpaired) electrons. The smallest absolute Gasteiger partial charge is 0.278 e. The Morgan fingerprint density at radius 3 is 2.53 bits per heavy atom. The molecular formula is C24H23FN4O2S. The average Bonchev–Trinajstić information content (AvgIpc) is 3.13. The van der Waals surface area contributed by atoms with Crippen LogP contribution in [0.2, 0.25) is 0 Å². The number of carbonyl (C=O) groups is 1. The summed E-state index contributed by atoms with van der Waals surface area (Å²) in [6.07, 6.45) is 2.68. The molecule has 2 heterocycles. The van der Waals surface area contributed by atoms with Crippen molar-refractivity contribution in [1.82, 2.24) is 14.1 Å². The molecule has 164 valence electrons. The minimum Gasteiger partial charge on any atom is -0.344 e. The van der Waals surface area contributed by atoms with Gasteiger partial charge in [-0.05, 0) is 36.2 Å². The van der Waals surface area contributed by atoms with Crippen molar-refractivity contribution in [2.75, 3.05) is 11.1 Å². The number of hydrogen-bond acceptors (Lipinski definition) is 4. The third kappa shape index (κ3) is 4.45. The number of amides is 1. The molecule has 0 spiro atoms. The van der Waals surface area contributed by atoms with Crippen LogP contribution < -0.4 is 10.9 Å². The lowest BCUT2D eigenvalue weighted by molar-refractivity contribution is -0.113. The van der Waals surface area contributed by atoms with Crippen molar-refractivity contribution in [3.63, 3.8) is 0 Å². The molecule has 0 fully saturated rings. The third-order valence-electron chi connectivity index (χ3n) is 5.03. The van der Waals surface area contributed by atoms with E-state index in [-0.39, 0.29) is 23.0 Å². The molecule has 4 rings (SSSR count). The highest BCUT2D eigenvalue weighted by Crippen LogP contribution is 2.29. The largest absolute Gasteiger partial charge is 0.344 e. The predicted octanol–water partition coefficient (Wildman–Crippen LogP) is 4.68. The normalized spacial score (nSPS) is 11.1. The lowest BCUT2D eigenvalue weighted by Gasteiger charge is -2.12. The first-order chi connectivity index (χ1) is 15.5. The summed E-state index contributed by atoms with van der Waals surface area (Å²) in [7, 11) is 1.84. The predicted molar refractivity (Wildman–Crippen MR) is 126 cm³/mol. The Morgan fingerprint density at radius 2 is 1.84 bits per heavy atom. The van der Waals surface area contributed by atoms with Crippen LogP contribution in [0.25, 0.3) is 22.2 Å². The number of hydrogen-bond donors (Lipinski definition) is 1. The van der Waals surface area contributed by atoms with Crippen molar-refractivity contribution >= 4 is 34.4 Å². The number of benzene rings is 2. The lowest BCUT2D eigenvalue weighted by atomic mass is 10.1. The number of halogens is 1. The molecule has 0 bridgehead atoms. The van der Waals surface area contributed by atoms with Gasteiger partial charge in [-0.15, -0.1) is 0 Å². The molecule has 6 nitrogen and oxygen atoms in total. The van der Waals surface area contributed by atoms with E-state index in [1.165, 1.54) is 36.0 Å². The summed E-state index contributed by atoms with van der Waals surface area (Å²) in [5.74, 6) is -0.544. The van der Waals surface area contributed by atoms with Gasteiger partial charge in [0.05, 0.1) is 5.75 Å². The van der Waals surface area contributed by atoms with Gasteiger partial charge in [0.25, 0.3) is 5.56 Å². The zero-order valence-electron chi connectivity index (χ0n) is 17.8. The van der Waals surface area contributed by atoms with E-state index >= 15 is 0 Å². The van der Waals surface area contributed by atoms with E-state index in [1.54, 1.807) is 4.57 Å². The summed E-state index contributed by atoms with van der Waals surface area (Å²) in [6, 6.07) is 15.4. The van der Waals surface area contributed by atoms with Crippen LogP contribution >= 0.6 is 11.8 Å². The number of anilines is 1. The van der Waals surface area contributed by atoms with Crippen molar-refractivity contribution in [1.29, 1.82) is 0 Å². The van der Waals surface area contributed by atoms with Crippen molar-refractivity contribution in [2.24, 2.45) is 7.05 Å². The molecule has 8 heteroatoms. The van der Waals surface area contributed by atoms with E-state index in [0.29, 0.717) is 28.4 Å². The number of fused-ring (bicyclic) bond motifs is 1. The number of nitrogens with zero attached hydrogens (tertiary/aromatic N) is 3. The molecule has 2 aromatic carbocycles. The van der Waals surface area contributed by atoms with Gasteiger partial charge in [-0.1, -0.05) is 49.0 Å². The van der Waals surface area contributed by atoms with Gasteiger partial charge in [-0.3, -0.25) is 14.2 Å². The maximum absolute atomic E-state index is 13.3. The Hall–Kier alpha value is -3.39. The van der Waals surface area contributed by atoms with Gasteiger partial charge in [-0.2, -0.15) is 0 Å². The Kier molecular flexibility index (Phi) is 6.41. The molecule has 4 aromatic rings. The Morgan fingerprint density at radius 1 is 1.12 bits per heavy atom. The number of aromatic nitrogens is 3. The molecule has 0 aliphatic rings. The minimum atomic E-state index is -0.365. The van der Waals surface area contributed by atoms with Gasteiger partial charge in [0.15, 0.2) is 5.16 Å². The summed E-state index contributed by atoms with van der Waals surface area (Å²) >= 11 is 1.22. The Bertz CT molecular complexity index is 1310. The van der Waals surface area contributed by atoms with E-state index in [2.05, 4.69) is 5.32 Å². The standard InChI is InChI=1S/C24H23FN4O2S/c1-3-13-29-23(31)22-21(19(14-28(22)2)16-7-5-4-6-8-16)27-24(29)32-15-20(30)26-18-11-9-17(25)10-12-18/h4-12,14H,3,13,15H2,1-2H3,(H,26,30). The summed E-state index contributed by atoms with van der Waals surface area (Å²) < 4.78 is 16.5. The second kappa shape index (κ2) is 9.40. The number of nitrogens with one attached hydrogen (secondary N) is 1. The van der Waals surface area contributed by atoms with Gasteiger partial charge in [0.2, 0.25) is 5.91 Å². The van der Waals surface area contributed by atoms with Crippen LogP contribution in [0.15, 0.2) is 70.7 Å². The first-order valence-corrected chi connectivity index (χ1v) is 11.3. The molecule has 1 amide bonds. The van der Waals surface area contributed by atoms with Crippen molar-refractivity contribution in [3.8, 4) is 11.1 Å². The molecule has 0 aliphatic heterocycles. The molecule has 0 atom stereocenters. The van der Waals surface area contributed by atoms with Crippen molar-refractivity contribution in [3.05, 3.63) is 77.0 Å². The van der Waals surface area contributed by atoms with Crippen LogP contribution in [0.4, 0.5) is 10.1 Å². The number of rotatable bonds is 7. The fourth-order valence-electron chi connectivity index (χ4n) is 3.57. The maximum atomic E-state index is 13.3. The fourth-order valence-corrected chi connectivity index (χ4v) is 4.39. The molecule has 2 aromatic heterocycles. The fraction of sp³-hybridized carbons (Fsp3) is 0.208. The highest BCUT2D eigenvalue weighted by Gasteiger charge is 2.19. The molecule has 0 saturated carbocycles. The van der Waals surface area contributed by atoms with Gasteiger partial charge < -0.3 is 9.88 Å². The molecular weight excluding hydrogens is 427 g/mol. The first kappa shape index (κ1) is 21.8. The molecule has 0 aliphatic carbocycles. The summed E-state index contributed by atoms with van der Waals surface area (Å²) in [5, 5.41) is 3.24. The zero-order chi connectivity index (χ0) is 22.7. The quantitative estimate of drug-likeness (QED) is 0.328. The van der Waals surface area contributed by atoms with Crippen LogP contribution in [0.5, 0.6) is 0 Å². The second-order valence-electron chi connectivity index (χ2n) is 7.41. The van der Waals surface area contributed by atoms with Crippen LogP contribution in [-0.4, -0.2) is 25.8 Å². The molecule has 0 saturated heterocycles. The van der Waals surface area contributed by atoms with Crippen LogP contribution in [0.3, 0.4) is 0 Å². The number of thioether (sulfide) groups is 1. The summed E-state index contributed by atoms with van der Waals surface area (Å²) in [6.45, 7) is 2.50. The second-order valence-corrected chi connectivity index (χ2v) is 8.35. The van der Waals surface area contributed by atoms with Crippen molar-refractivity contribution in [2.45, 2.75) is 25.0 Å². The third-order valence-corrected chi connectivity index (χ3v) is 6.01. The minimum absolute atomic E-state index is 0.0759. The summed E-state index contributed by atoms with van der Waals surface area (Å²) in [4.78, 5) is 30.6. The number of aryl methyl sites for hydroxylation is 1. The summed E-state index contributed by atoms with van der Waals surface area (Å²) in [5.41, 5.74) is 3.41. The van der Waals surface area contributed by atoms with Crippen LogP contribution in [-0.2, 0) is 18.4 Å². The van der Waals surface area contributed by atoms with Gasteiger partial charge >= 0.3 is 0 Å². The monoisotopic (exact) mass is 450 g/mol. The SMILES string of the molecule is CCCn1c(SCC(=O)Nc2ccc(F)cc2)nc2c(-c3ccccc3)cn(C)c2c1=O. The van der Waals surface area contributed by atoms with E-state index in [1.807, 2.05) is 55.1 Å². The zero-order valence-corrected chi connectivity index (χ0v) is 18.7. The maximum Gasteiger partial charge on any atom is 0.278 e. The Labute approximate surface area is 189 Å². The number of carbonyl (C=O) groups excluding carboxylic acids is 1. The van der Waals surface area contributed by atoms with Gasteiger partial charge in [0, 0.05) is 31.0 Å². The van der Waals surface area contributed by atoms with Crippen molar-refractivity contribution < 1.29 is 9.18 Å². The Balaban J connectivity index is 1.68. The molecule has 32 heavy (non-hydrogen) atoms. The highest BCUT2D eigenvalue weighted by molar-refractivity contribution is 7.99. The van der Waals surface area contributed by atoms with E-state index in [0.717, 1.165) is 17.5 Å². The lowest BCUT2D eigenvalue weighted by Crippen LogP contribution is -2.25.